The summed E-state index contributed by atoms with van der Waals surface area (Å²) in [6.45, 7) is 13.8. The Bertz CT molecular complexity index is 846. The average molecular weight is 497 g/mol. The largest absolute Gasteiger partial charge is 0.369 e. The normalized spacial score (nSPS) is 35.1. The van der Waals surface area contributed by atoms with Gasteiger partial charge in [0.2, 0.25) is 0 Å². The highest BCUT2D eigenvalue weighted by atomic mass is 35.5. The van der Waals surface area contributed by atoms with Gasteiger partial charge in [0.15, 0.2) is 17.9 Å². The molecule has 0 bridgehead atoms. The predicted molar refractivity (Wildman–Crippen MR) is 128 cm³/mol. The number of anilines is 1. The molecule has 4 aliphatic heterocycles. The smallest absolute Gasteiger partial charge is 0.187 e. The molecule has 9 heteroatoms. The van der Waals surface area contributed by atoms with Crippen molar-refractivity contribution in [3.05, 3.63) is 29.3 Å². The van der Waals surface area contributed by atoms with E-state index in [-0.39, 0.29) is 24.4 Å². The second-order valence-electron chi connectivity index (χ2n) is 10.4. The summed E-state index contributed by atoms with van der Waals surface area (Å²) in [5.41, 5.74) is 1.19. The van der Waals surface area contributed by atoms with Crippen molar-refractivity contribution in [2.45, 2.75) is 76.4 Å². The van der Waals surface area contributed by atoms with Crippen molar-refractivity contribution in [3.8, 4) is 0 Å². The lowest BCUT2D eigenvalue weighted by Gasteiger charge is -2.36. The van der Waals surface area contributed by atoms with Gasteiger partial charge in [-0.25, -0.2) is 0 Å². The maximum Gasteiger partial charge on any atom is 0.187 e. The van der Waals surface area contributed by atoms with Crippen LogP contribution in [0.5, 0.6) is 0 Å². The molecule has 4 fully saturated rings. The average Bonchev–Trinajstić information content (AvgIpc) is 3.41. The number of nitrogens with zero attached hydrogens (tertiary/aromatic N) is 2. The third-order valence-electron chi connectivity index (χ3n) is 6.89. The summed E-state index contributed by atoms with van der Waals surface area (Å²) in [5.74, 6) is -1.29. The molecular weight excluding hydrogens is 460 g/mol. The molecule has 4 aliphatic rings. The molecule has 1 aromatic rings. The fourth-order valence-corrected chi connectivity index (χ4v) is 5.48. The van der Waals surface area contributed by atoms with E-state index >= 15 is 0 Å². The van der Waals surface area contributed by atoms with Crippen LogP contribution >= 0.6 is 11.6 Å². The molecule has 1 aromatic carbocycles. The highest BCUT2D eigenvalue weighted by Crippen LogP contribution is 2.42. The fourth-order valence-electron chi connectivity index (χ4n) is 5.29. The van der Waals surface area contributed by atoms with Crippen molar-refractivity contribution in [2.75, 3.05) is 50.8 Å². The van der Waals surface area contributed by atoms with E-state index in [4.69, 9.17) is 40.0 Å². The van der Waals surface area contributed by atoms with Crippen molar-refractivity contribution < 1.29 is 28.4 Å². The van der Waals surface area contributed by atoms with E-state index in [0.29, 0.717) is 13.2 Å². The molecule has 5 rings (SSSR count). The first kappa shape index (κ1) is 24.7. The van der Waals surface area contributed by atoms with Crippen molar-refractivity contribution in [2.24, 2.45) is 0 Å². The van der Waals surface area contributed by atoms with Gasteiger partial charge in [-0.15, -0.1) is 0 Å². The Hall–Kier alpha value is -0.970. The summed E-state index contributed by atoms with van der Waals surface area (Å²) >= 11 is 6.15. The van der Waals surface area contributed by atoms with Crippen LogP contribution in [-0.4, -0.2) is 93.1 Å². The van der Waals surface area contributed by atoms with E-state index in [1.54, 1.807) is 0 Å². The third kappa shape index (κ3) is 5.55. The molecule has 5 atom stereocenters. The van der Waals surface area contributed by atoms with E-state index in [1.165, 1.54) is 5.69 Å². The Labute approximate surface area is 207 Å². The summed E-state index contributed by atoms with van der Waals surface area (Å²) in [7, 11) is 0. The minimum atomic E-state index is -0.670. The van der Waals surface area contributed by atoms with Gasteiger partial charge >= 0.3 is 0 Å². The molecular formula is C25H37ClN2O6. The maximum atomic E-state index is 6.26. The Kier molecular flexibility index (Phi) is 7.14. The number of rotatable bonds is 7. The van der Waals surface area contributed by atoms with Gasteiger partial charge in [0.1, 0.15) is 24.4 Å². The minimum absolute atomic E-state index is 0.204. The molecule has 8 nitrogen and oxygen atoms in total. The molecule has 0 N–H and O–H groups in total. The van der Waals surface area contributed by atoms with Gasteiger partial charge in [0.25, 0.3) is 0 Å². The zero-order valence-electron chi connectivity index (χ0n) is 20.6. The second-order valence-corrected chi connectivity index (χ2v) is 10.9. The Balaban J connectivity index is 1.08. The van der Waals surface area contributed by atoms with Gasteiger partial charge in [0, 0.05) is 43.4 Å². The van der Waals surface area contributed by atoms with Crippen LogP contribution in [0.25, 0.3) is 0 Å². The van der Waals surface area contributed by atoms with Gasteiger partial charge in [0.05, 0.1) is 13.2 Å². The van der Waals surface area contributed by atoms with E-state index in [9.17, 15) is 0 Å². The molecule has 4 saturated heterocycles. The number of hydrogen-bond donors (Lipinski definition) is 0. The van der Waals surface area contributed by atoms with Gasteiger partial charge < -0.3 is 33.3 Å². The summed E-state index contributed by atoms with van der Waals surface area (Å²) in [5, 5.41) is 0.784. The molecule has 0 spiro atoms. The highest BCUT2D eigenvalue weighted by molar-refractivity contribution is 6.30. The Morgan fingerprint density at radius 3 is 2.44 bits per heavy atom. The molecule has 0 amide bonds. The first-order chi connectivity index (χ1) is 16.2. The lowest BCUT2D eigenvalue weighted by molar-refractivity contribution is -0.247. The zero-order valence-corrected chi connectivity index (χ0v) is 21.3. The quantitative estimate of drug-likeness (QED) is 0.533. The number of piperazine rings is 1. The molecule has 4 heterocycles. The van der Waals surface area contributed by atoms with E-state index in [0.717, 1.165) is 44.2 Å². The zero-order chi connectivity index (χ0) is 23.9. The lowest BCUT2D eigenvalue weighted by atomic mass is 10.1. The first-order valence-electron chi connectivity index (χ1n) is 12.4. The standard InChI is InChI=1S/C25H37ClN2O6/c1-24(2)30-16-19(32-24)20-21-22(34-25(3,4)33-21)23(31-20)29-14-6-9-27-10-12-28(13-11-27)18-8-5-7-17(26)15-18/h5,7-8,15,19-23H,6,9-14,16H2,1-4H3/t19?,20-,21+,22+,23+/m1/s1. The van der Waals surface area contributed by atoms with Crippen LogP contribution in [0.2, 0.25) is 5.02 Å². The monoisotopic (exact) mass is 496 g/mol. The Morgan fingerprint density at radius 1 is 0.971 bits per heavy atom. The number of hydrogen-bond acceptors (Lipinski definition) is 8. The highest BCUT2D eigenvalue weighted by Gasteiger charge is 2.59. The van der Waals surface area contributed by atoms with Crippen molar-refractivity contribution in [3.63, 3.8) is 0 Å². The summed E-state index contributed by atoms with van der Waals surface area (Å²) in [4.78, 5) is 4.87. The molecule has 0 radical (unpaired) electrons. The number of halogens is 1. The third-order valence-corrected chi connectivity index (χ3v) is 7.13. The van der Waals surface area contributed by atoms with Crippen LogP contribution in [-0.2, 0) is 28.4 Å². The van der Waals surface area contributed by atoms with Gasteiger partial charge in [-0.1, -0.05) is 17.7 Å². The number of fused-ring (bicyclic) bond motifs is 1. The molecule has 1 unspecified atom stereocenters. The predicted octanol–water partition coefficient (Wildman–Crippen LogP) is 3.27. The van der Waals surface area contributed by atoms with Crippen LogP contribution in [0.3, 0.4) is 0 Å². The second kappa shape index (κ2) is 9.82. The van der Waals surface area contributed by atoms with Crippen molar-refractivity contribution in [1.29, 1.82) is 0 Å². The molecule has 0 aliphatic carbocycles. The SMILES string of the molecule is CC1(C)OCC([C@H]2O[C@H](OCCCN3CCN(c4cccc(Cl)c4)CC3)[C@H]3OC(C)(C)O[C@H]32)O1. The van der Waals surface area contributed by atoms with E-state index in [2.05, 4.69) is 15.9 Å². The molecule has 0 aromatic heterocycles. The summed E-state index contributed by atoms with van der Waals surface area (Å²) in [6.07, 6.45) is -0.527. The van der Waals surface area contributed by atoms with Crippen LogP contribution in [0.1, 0.15) is 34.1 Å². The maximum absolute atomic E-state index is 6.26. The van der Waals surface area contributed by atoms with Crippen LogP contribution in [0.15, 0.2) is 24.3 Å². The topological polar surface area (TPSA) is 61.9 Å². The lowest BCUT2D eigenvalue weighted by Crippen LogP contribution is -2.46. The number of benzene rings is 1. The molecule has 190 valence electrons. The minimum Gasteiger partial charge on any atom is -0.369 e. The van der Waals surface area contributed by atoms with Gasteiger partial charge in [-0.2, -0.15) is 0 Å². The van der Waals surface area contributed by atoms with E-state index < -0.39 is 17.9 Å². The Morgan fingerprint density at radius 2 is 1.74 bits per heavy atom. The van der Waals surface area contributed by atoms with E-state index in [1.807, 2.05) is 45.9 Å². The van der Waals surface area contributed by atoms with Gasteiger partial charge in [-0.05, 0) is 52.3 Å². The first-order valence-corrected chi connectivity index (χ1v) is 12.7. The van der Waals surface area contributed by atoms with Gasteiger partial charge in [-0.3, -0.25) is 4.90 Å². The summed E-state index contributed by atoms with van der Waals surface area (Å²) < 4.78 is 36.5. The molecule has 0 saturated carbocycles. The van der Waals surface area contributed by atoms with Crippen molar-refractivity contribution in [1.82, 2.24) is 4.90 Å². The van der Waals surface area contributed by atoms with Crippen molar-refractivity contribution >= 4 is 17.3 Å². The fraction of sp³-hybridized carbons (Fsp3) is 0.760. The number of ether oxygens (including phenoxy) is 6. The van der Waals surface area contributed by atoms with Crippen LogP contribution < -0.4 is 4.90 Å². The van der Waals surface area contributed by atoms with Crippen LogP contribution in [0.4, 0.5) is 5.69 Å². The summed E-state index contributed by atoms with van der Waals surface area (Å²) in [6, 6.07) is 8.08. The molecule has 34 heavy (non-hydrogen) atoms. The van der Waals surface area contributed by atoms with Crippen LogP contribution in [0, 0.1) is 0 Å².